The number of nitrogens with one attached hydrogen (secondary N) is 1. The summed E-state index contributed by atoms with van der Waals surface area (Å²) < 4.78 is 0. The Hall–Kier alpha value is -2.10. The molecule has 0 radical (unpaired) electrons. The van der Waals surface area contributed by atoms with Crippen molar-refractivity contribution in [1.82, 2.24) is 4.98 Å². The Balaban J connectivity index is 2.17. The molecule has 0 unspecified atom stereocenters. The molecular formula is C13H12N2O2. The molecule has 17 heavy (non-hydrogen) atoms. The molecule has 0 atom stereocenters. The predicted octanol–water partition coefficient (Wildman–Crippen LogP) is 2.51. The molecule has 1 aliphatic carbocycles. The van der Waals surface area contributed by atoms with E-state index in [1.165, 1.54) is 0 Å². The molecule has 3 rings (SSSR count). The summed E-state index contributed by atoms with van der Waals surface area (Å²) in [5, 5.41) is 13.4. The van der Waals surface area contributed by atoms with Crippen LogP contribution in [0.1, 0.15) is 23.3 Å². The quantitative estimate of drug-likeness (QED) is 0.847. The van der Waals surface area contributed by atoms with Gasteiger partial charge >= 0.3 is 5.97 Å². The predicted molar refractivity (Wildman–Crippen MR) is 65.3 cm³/mol. The number of carboxylic acid groups (broad SMARTS) is 1. The van der Waals surface area contributed by atoms with Gasteiger partial charge in [0.05, 0.1) is 5.52 Å². The molecule has 1 heterocycles. The van der Waals surface area contributed by atoms with Crippen molar-refractivity contribution in [1.29, 1.82) is 0 Å². The average molecular weight is 228 g/mol. The van der Waals surface area contributed by atoms with Crippen LogP contribution in [0, 0.1) is 0 Å². The normalized spacial score (nSPS) is 14.8. The Labute approximate surface area is 98.3 Å². The number of anilines is 1. The maximum Gasteiger partial charge on any atom is 0.354 e. The van der Waals surface area contributed by atoms with Crippen LogP contribution in [-0.4, -0.2) is 22.1 Å². The van der Waals surface area contributed by atoms with E-state index in [0.717, 1.165) is 29.4 Å². The maximum atomic E-state index is 11.0. The first-order chi connectivity index (χ1) is 8.24. The number of carbonyl (C=O) groups is 1. The second-order valence-electron chi connectivity index (χ2n) is 4.30. The van der Waals surface area contributed by atoms with Crippen LogP contribution in [0.2, 0.25) is 0 Å². The van der Waals surface area contributed by atoms with E-state index in [1.807, 2.05) is 24.3 Å². The fraction of sp³-hybridized carbons (Fsp3) is 0.231. The zero-order chi connectivity index (χ0) is 11.8. The number of hydrogen-bond acceptors (Lipinski definition) is 3. The van der Waals surface area contributed by atoms with E-state index in [0.29, 0.717) is 6.04 Å². The van der Waals surface area contributed by atoms with Gasteiger partial charge in [0, 0.05) is 17.1 Å². The van der Waals surface area contributed by atoms with Crippen molar-refractivity contribution in [2.75, 3.05) is 5.32 Å². The van der Waals surface area contributed by atoms with E-state index < -0.39 is 5.97 Å². The van der Waals surface area contributed by atoms with Crippen molar-refractivity contribution < 1.29 is 9.90 Å². The fourth-order valence-electron chi connectivity index (χ4n) is 1.85. The van der Waals surface area contributed by atoms with Crippen molar-refractivity contribution in [2.24, 2.45) is 0 Å². The lowest BCUT2D eigenvalue weighted by Gasteiger charge is -2.09. The van der Waals surface area contributed by atoms with Gasteiger partial charge in [-0.3, -0.25) is 0 Å². The largest absolute Gasteiger partial charge is 0.477 e. The van der Waals surface area contributed by atoms with Crippen LogP contribution >= 0.6 is 0 Å². The van der Waals surface area contributed by atoms with Crippen LogP contribution in [0.4, 0.5) is 5.69 Å². The van der Waals surface area contributed by atoms with Gasteiger partial charge in [0.2, 0.25) is 0 Å². The molecule has 1 aliphatic rings. The molecule has 1 aromatic carbocycles. The number of hydrogen-bond donors (Lipinski definition) is 2. The molecule has 1 fully saturated rings. The SMILES string of the molecule is O=C(O)c1cc(NC2CC2)c2ccccc2n1. The fourth-order valence-corrected chi connectivity index (χ4v) is 1.85. The zero-order valence-electron chi connectivity index (χ0n) is 9.18. The van der Waals surface area contributed by atoms with Crippen molar-refractivity contribution in [3.8, 4) is 0 Å². The highest BCUT2D eigenvalue weighted by Crippen LogP contribution is 2.29. The monoisotopic (exact) mass is 228 g/mol. The molecule has 0 bridgehead atoms. The minimum absolute atomic E-state index is 0.0897. The smallest absolute Gasteiger partial charge is 0.354 e. The van der Waals surface area contributed by atoms with Crippen LogP contribution in [0.5, 0.6) is 0 Å². The van der Waals surface area contributed by atoms with Crippen LogP contribution in [0.3, 0.4) is 0 Å². The number of benzene rings is 1. The molecule has 0 amide bonds. The molecule has 1 saturated carbocycles. The lowest BCUT2D eigenvalue weighted by atomic mass is 10.1. The molecule has 0 aliphatic heterocycles. The van der Waals surface area contributed by atoms with E-state index in [1.54, 1.807) is 6.07 Å². The third-order valence-electron chi connectivity index (χ3n) is 2.87. The average Bonchev–Trinajstić information content (AvgIpc) is 3.13. The van der Waals surface area contributed by atoms with E-state index in [4.69, 9.17) is 5.11 Å². The first-order valence-corrected chi connectivity index (χ1v) is 5.63. The van der Waals surface area contributed by atoms with E-state index in [-0.39, 0.29) is 5.69 Å². The van der Waals surface area contributed by atoms with Crippen LogP contribution < -0.4 is 5.32 Å². The minimum Gasteiger partial charge on any atom is -0.477 e. The first-order valence-electron chi connectivity index (χ1n) is 5.63. The number of rotatable bonds is 3. The summed E-state index contributed by atoms with van der Waals surface area (Å²) in [4.78, 5) is 15.1. The second kappa shape index (κ2) is 3.73. The number of para-hydroxylation sites is 1. The summed E-state index contributed by atoms with van der Waals surface area (Å²) in [6.45, 7) is 0. The van der Waals surface area contributed by atoms with Gasteiger partial charge in [-0.2, -0.15) is 0 Å². The van der Waals surface area contributed by atoms with Gasteiger partial charge in [-0.1, -0.05) is 18.2 Å². The van der Waals surface area contributed by atoms with Gasteiger partial charge < -0.3 is 10.4 Å². The van der Waals surface area contributed by atoms with Gasteiger partial charge in [-0.25, -0.2) is 9.78 Å². The third kappa shape index (κ3) is 1.93. The maximum absolute atomic E-state index is 11.0. The number of aromatic carboxylic acids is 1. The van der Waals surface area contributed by atoms with Gasteiger partial charge in [0.25, 0.3) is 0 Å². The summed E-state index contributed by atoms with van der Waals surface area (Å²) in [7, 11) is 0. The number of carboxylic acids is 1. The lowest BCUT2D eigenvalue weighted by Crippen LogP contribution is -2.06. The third-order valence-corrected chi connectivity index (χ3v) is 2.87. The lowest BCUT2D eigenvalue weighted by molar-refractivity contribution is 0.0691. The Kier molecular flexibility index (Phi) is 2.21. The summed E-state index contributed by atoms with van der Waals surface area (Å²) >= 11 is 0. The van der Waals surface area contributed by atoms with E-state index in [2.05, 4.69) is 10.3 Å². The highest BCUT2D eigenvalue weighted by atomic mass is 16.4. The van der Waals surface area contributed by atoms with Gasteiger partial charge in [-0.05, 0) is 25.0 Å². The Morgan fingerprint density at radius 2 is 2.12 bits per heavy atom. The first kappa shape index (κ1) is 10.1. The minimum atomic E-state index is -0.991. The number of pyridine rings is 1. The van der Waals surface area contributed by atoms with Crippen LogP contribution in [-0.2, 0) is 0 Å². The molecule has 2 aromatic rings. The van der Waals surface area contributed by atoms with E-state index in [9.17, 15) is 4.79 Å². The van der Waals surface area contributed by atoms with Crippen molar-refractivity contribution in [3.63, 3.8) is 0 Å². The summed E-state index contributed by atoms with van der Waals surface area (Å²) in [6, 6.07) is 9.69. The highest BCUT2D eigenvalue weighted by Gasteiger charge is 2.22. The summed E-state index contributed by atoms with van der Waals surface area (Å²) in [5.41, 5.74) is 1.68. The van der Waals surface area contributed by atoms with Crippen molar-refractivity contribution in [2.45, 2.75) is 18.9 Å². The number of fused-ring (bicyclic) bond motifs is 1. The Bertz CT molecular complexity index is 591. The Morgan fingerprint density at radius 1 is 1.35 bits per heavy atom. The topological polar surface area (TPSA) is 62.2 Å². The molecule has 0 spiro atoms. The zero-order valence-corrected chi connectivity index (χ0v) is 9.18. The summed E-state index contributed by atoms with van der Waals surface area (Å²) in [5.74, 6) is -0.991. The second-order valence-corrected chi connectivity index (χ2v) is 4.30. The van der Waals surface area contributed by atoms with Crippen molar-refractivity contribution >= 4 is 22.6 Å². The summed E-state index contributed by atoms with van der Waals surface area (Å²) in [6.07, 6.45) is 2.30. The molecular weight excluding hydrogens is 216 g/mol. The van der Waals surface area contributed by atoms with Gasteiger partial charge in [-0.15, -0.1) is 0 Å². The van der Waals surface area contributed by atoms with E-state index >= 15 is 0 Å². The molecule has 4 nitrogen and oxygen atoms in total. The molecule has 0 saturated heterocycles. The van der Waals surface area contributed by atoms with Gasteiger partial charge in [0.1, 0.15) is 0 Å². The Morgan fingerprint density at radius 3 is 2.82 bits per heavy atom. The standard InChI is InChI=1S/C13H12N2O2/c16-13(17)12-7-11(14-8-5-6-8)9-3-1-2-4-10(9)15-12/h1-4,7-8H,5-6H2,(H,14,15)(H,16,17). The number of aromatic nitrogens is 1. The molecule has 86 valence electrons. The van der Waals surface area contributed by atoms with Crippen LogP contribution in [0.15, 0.2) is 30.3 Å². The highest BCUT2D eigenvalue weighted by molar-refractivity contribution is 5.97. The van der Waals surface area contributed by atoms with Crippen molar-refractivity contribution in [3.05, 3.63) is 36.0 Å². The number of nitrogens with zero attached hydrogens (tertiary/aromatic N) is 1. The molecule has 4 heteroatoms. The van der Waals surface area contributed by atoms with Crippen LogP contribution in [0.25, 0.3) is 10.9 Å². The molecule has 1 aromatic heterocycles. The molecule has 2 N–H and O–H groups in total. The van der Waals surface area contributed by atoms with Gasteiger partial charge in [0.15, 0.2) is 5.69 Å².